The second kappa shape index (κ2) is 4.24. The summed E-state index contributed by atoms with van der Waals surface area (Å²) in [6, 6.07) is -0.438. The van der Waals surface area contributed by atoms with Crippen molar-refractivity contribution in [1.82, 2.24) is 5.32 Å². The molecule has 4 heteroatoms. The average Bonchev–Trinajstić information content (AvgIpc) is 1.87. The highest BCUT2D eigenvalue weighted by atomic mass is 16.2. The summed E-state index contributed by atoms with van der Waals surface area (Å²) < 4.78 is 0. The van der Waals surface area contributed by atoms with Crippen LogP contribution >= 0.6 is 0 Å². The Hall–Kier alpha value is -0.610. The van der Waals surface area contributed by atoms with E-state index >= 15 is 0 Å². The van der Waals surface area contributed by atoms with Crippen LogP contribution in [0.3, 0.4) is 0 Å². The Labute approximate surface area is 61.0 Å². The van der Waals surface area contributed by atoms with Gasteiger partial charge in [-0.1, -0.05) is 0 Å². The first kappa shape index (κ1) is 9.39. The van der Waals surface area contributed by atoms with E-state index in [1.807, 2.05) is 6.92 Å². The van der Waals surface area contributed by atoms with Crippen LogP contribution in [0.4, 0.5) is 0 Å². The van der Waals surface area contributed by atoms with Crippen LogP contribution in [0.1, 0.15) is 13.8 Å². The topological polar surface area (TPSA) is 81.1 Å². The van der Waals surface area contributed by atoms with Crippen molar-refractivity contribution in [3.63, 3.8) is 0 Å². The second-order valence-corrected chi connectivity index (χ2v) is 2.43. The van der Waals surface area contributed by atoms with Crippen LogP contribution in [0, 0.1) is 0 Å². The molecule has 0 rings (SSSR count). The van der Waals surface area contributed by atoms with Gasteiger partial charge < -0.3 is 16.8 Å². The summed E-state index contributed by atoms with van der Waals surface area (Å²) in [5.74, 6) is -0.155. The minimum atomic E-state index is -0.450. The molecule has 0 heterocycles. The molecule has 60 valence electrons. The Balaban J connectivity index is 3.57. The lowest BCUT2D eigenvalue weighted by atomic mass is 10.3. The fourth-order valence-corrected chi connectivity index (χ4v) is 0.433. The second-order valence-electron chi connectivity index (χ2n) is 2.43. The van der Waals surface area contributed by atoms with E-state index in [0.717, 1.165) is 0 Å². The van der Waals surface area contributed by atoms with Crippen LogP contribution in [0.2, 0.25) is 0 Å². The van der Waals surface area contributed by atoms with E-state index in [4.69, 9.17) is 11.5 Å². The van der Waals surface area contributed by atoms with Crippen molar-refractivity contribution < 1.29 is 4.79 Å². The maximum absolute atomic E-state index is 10.8. The van der Waals surface area contributed by atoms with Gasteiger partial charge in [-0.15, -0.1) is 0 Å². The van der Waals surface area contributed by atoms with Gasteiger partial charge >= 0.3 is 0 Å². The molecule has 0 aromatic heterocycles. The number of nitrogens with two attached hydrogens (primary N) is 2. The molecular weight excluding hydrogens is 130 g/mol. The van der Waals surface area contributed by atoms with Crippen LogP contribution in [0.15, 0.2) is 0 Å². The Morgan fingerprint density at radius 1 is 1.60 bits per heavy atom. The molecule has 0 radical (unpaired) electrons. The van der Waals surface area contributed by atoms with Crippen LogP contribution in [0.5, 0.6) is 0 Å². The molecule has 5 N–H and O–H groups in total. The van der Waals surface area contributed by atoms with Gasteiger partial charge in [0.1, 0.15) is 0 Å². The van der Waals surface area contributed by atoms with E-state index in [1.54, 1.807) is 6.92 Å². The summed E-state index contributed by atoms with van der Waals surface area (Å²) in [7, 11) is 0. The van der Waals surface area contributed by atoms with Gasteiger partial charge in [-0.2, -0.15) is 0 Å². The Bertz CT molecular complexity index is 114. The van der Waals surface area contributed by atoms with E-state index in [-0.39, 0.29) is 11.9 Å². The molecular formula is C6H15N3O. The van der Waals surface area contributed by atoms with Crippen LogP contribution in [-0.2, 0) is 4.79 Å². The fraction of sp³-hybridized carbons (Fsp3) is 0.833. The smallest absolute Gasteiger partial charge is 0.236 e. The van der Waals surface area contributed by atoms with E-state index < -0.39 is 6.04 Å². The molecule has 0 aromatic carbocycles. The number of rotatable bonds is 3. The molecule has 4 nitrogen and oxygen atoms in total. The highest BCUT2D eigenvalue weighted by Crippen LogP contribution is 1.79. The molecule has 0 saturated carbocycles. The molecule has 0 fully saturated rings. The van der Waals surface area contributed by atoms with E-state index in [9.17, 15) is 4.79 Å². The van der Waals surface area contributed by atoms with Crippen LogP contribution < -0.4 is 16.8 Å². The van der Waals surface area contributed by atoms with Gasteiger partial charge in [-0.25, -0.2) is 0 Å². The highest BCUT2D eigenvalue weighted by Gasteiger charge is 2.08. The summed E-state index contributed by atoms with van der Waals surface area (Å²) in [4.78, 5) is 10.8. The van der Waals surface area contributed by atoms with Crippen LogP contribution in [-0.4, -0.2) is 24.5 Å². The van der Waals surface area contributed by atoms with Gasteiger partial charge in [-0.05, 0) is 13.8 Å². The predicted molar refractivity (Wildman–Crippen MR) is 40.3 cm³/mol. The van der Waals surface area contributed by atoms with Gasteiger partial charge in [-0.3, -0.25) is 4.79 Å². The molecule has 2 atom stereocenters. The maximum atomic E-state index is 10.8. The first-order chi connectivity index (χ1) is 4.57. The third kappa shape index (κ3) is 3.42. The molecule has 0 saturated heterocycles. The number of carbonyl (C=O) groups excluding carboxylic acids is 1. The molecule has 0 aliphatic heterocycles. The largest absolute Gasteiger partial charge is 0.351 e. The summed E-state index contributed by atoms with van der Waals surface area (Å²) in [5, 5.41) is 2.64. The molecule has 0 spiro atoms. The third-order valence-corrected chi connectivity index (χ3v) is 1.16. The SMILES string of the molecule is C[C@H](CN)NC(=O)[C@H](C)N. The van der Waals surface area contributed by atoms with Gasteiger partial charge in [0.25, 0.3) is 0 Å². The third-order valence-electron chi connectivity index (χ3n) is 1.16. The zero-order chi connectivity index (χ0) is 8.15. The minimum absolute atomic E-state index is 0.0125. The fourth-order valence-electron chi connectivity index (χ4n) is 0.433. The minimum Gasteiger partial charge on any atom is -0.351 e. The summed E-state index contributed by atoms with van der Waals surface area (Å²) in [6.45, 7) is 3.91. The molecule has 0 bridgehead atoms. The first-order valence-electron chi connectivity index (χ1n) is 3.34. The van der Waals surface area contributed by atoms with Gasteiger partial charge in [0.2, 0.25) is 5.91 Å². The zero-order valence-electron chi connectivity index (χ0n) is 6.42. The molecule has 0 aliphatic rings. The molecule has 10 heavy (non-hydrogen) atoms. The van der Waals surface area contributed by atoms with E-state index in [2.05, 4.69) is 5.32 Å². The number of hydrogen-bond donors (Lipinski definition) is 3. The number of hydrogen-bond acceptors (Lipinski definition) is 3. The normalized spacial score (nSPS) is 16.0. The van der Waals surface area contributed by atoms with Crippen molar-refractivity contribution in [2.45, 2.75) is 25.9 Å². The zero-order valence-corrected chi connectivity index (χ0v) is 6.42. The number of nitrogens with one attached hydrogen (secondary N) is 1. The maximum Gasteiger partial charge on any atom is 0.236 e. The quantitative estimate of drug-likeness (QED) is 0.466. The lowest BCUT2D eigenvalue weighted by Crippen LogP contribution is -2.45. The van der Waals surface area contributed by atoms with E-state index in [1.165, 1.54) is 0 Å². The Kier molecular flexibility index (Phi) is 3.99. The monoisotopic (exact) mass is 145 g/mol. The lowest BCUT2D eigenvalue weighted by Gasteiger charge is -2.12. The van der Waals surface area contributed by atoms with Crippen molar-refractivity contribution in [2.24, 2.45) is 11.5 Å². The highest BCUT2D eigenvalue weighted by molar-refractivity contribution is 5.81. The number of amides is 1. The summed E-state index contributed by atoms with van der Waals surface area (Å²) in [6.07, 6.45) is 0. The van der Waals surface area contributed by atoms with E-state index in [0.29, 0.717) is 6.54 Å². The Morgan fingerprint density at radius 3 is 2.40 bits per heavy atom. The standard InChI is InChI=1S/C6H15N3O/c1-4(3-7)9-6(10)5(2)8/h4-5H,3,7-8H2,1-2H3,(H,9,10)/t4-,5+/m1/s1. The summed E-state index contributed by atoms with van der Waals surface area (Å²) >= 11 is 0. The molecule has 0 aromatic rings. The molecule has 0 aliphatic carbocycles. The molecule has 0 unspecified atom stereocenters. The Morgan fingerprint density at radius 2 is 2.10 bits per heavy atom. The van der Waals surface area contributed by atoms with Gasteiger partial charge in [0, 0.05) is 12.6 Å². The van der Waals surface area contributed by atoms with Crippen molar-refractivity contribution >= 4 is 5.91 Å². The van der Waals surface area contributed by atoms with Crippen molar-refractivity contribution in [2.75, 3.05) is 6.54 Å². The number of carbonyl (C=O) groups is 1. The molecule has 1 amide bonds. The summed E-state index contributed by atoms with van der Waals surface area (Å²) in [5.41, 5.74) is 10.6. The lowest BCUT2D eigenvalue weighted by molar-refractivity contribution is -0.122. The average molecular weight is 145 g/mol. The van der Waals surface area contributed by atoms with Gasteiger partial charge in [0.15, 0.2) is 0 Å². The van der Waals surface area contributed by atoms with Crippen molar-refractivity contribution in [3.8, 4) is 0 Å². The van der Waals surface area contributed by atoms with Gasteiger partial charge in [0.05, 0.1) is 6.04 Å². The predicted octanol–water partition coefficient (Wildman–Crippen LogP) is -1.20. The first-order valence-corrected chi connectivity index (χ1v) is 3.34. The van der Waals surface area contributed by atoms with Crippen molar-refractivity contribution in [1.29, 1.82) is 0 Å². The van der Waals surface area contributed by atoms with Crippen molar-refractivity contribution in [3.05, 3.63) is 0 Å². The van der Waals surface area contributed by atoms with Crippen LogP contribution in [0.25, 0.3) is 0 Å².